The first kappa shape index (κ1) is 23.3. The first-order valence-electron chi connectivity index (χ1n) is 11.3. The molecule has 0 saturated carbocycles. The van der Waals surface area contributed by atoms with Crippen molar-refractivity contribution >= 4 is 23.7 Å². The predicted molar refractivity (Wildman–Crippen MR) is 128 cm³/mol. The van der Waals surface area contributed by atoms with Crippen molar-refractivity contribution in [2.24, 2.45) is 5.92 Å². The molecule has 2 aliphatic rings. The van der Waals surface area contributed by atoms with Crippen molar-refractivity contribution in [3.8, 4) is 6.07 Å². The fourth-order valence-electron chi connectivity index (χ4n) is 4.27. The van der Waals surface area contributed by atoms with Crippen molar-refractivity contribution in [2.45, 2.75) is 46.1 Å². The Morgan fingerprint density at radius 2 is 1.88 bits per heavy atom. The van der Waals surface area contributed by atoms with Crippen LogP contribution in [0.4, 0.5) is 11.4 Å². The van der Waals surface area contributed by atoms with Crippen LogP contribution >= 0.6 is 0 Å². The summed E-state index contributed by atoms with van der Waals surface area (Å²) in [6, 6.07) is 15.7. The zero-order valence-corrected chi connectivity index (χ0v) is 19.2. The van der Waals surface area contributed by atoms with Gasteiger partial charge in [-0.05, 0) is 74.9 Å². The Morgan fingerprint density at radius 1 is 1.16 bits per heavy atom. The van der Waals surface area contributed by atoms with Crippen LogP contribution < -0.4 is 10.2 Å². The van der Waals surface area contributed by atoms with Crippen LogP contribution in [0.15, 0.2) is 42.5 Å². The van der Waals surface area contributed by atoms with Crippen molar-refractivity contribution in [1.29, 1.82) is 5.26 Å². The van der Waals surface area contributed by atoms with Crippen LogP contribution in [0.3, 0.4) is 0 Å². The molecule has 6 heteroatoms. The van der Waals surface area contributed by atoms with Gasteiger partial charge >= 0.3 is 0 Å². The smallest absolute Gasteiger partial charge is 0.255 e. The fourth-order valence-corrected chi connectivity index (χ4v) is 4.27. The summed E-state index contributed by atoms with van der Waals surface area (Å²) < 4.78 is 0. The average molecular weight is 433 g/mol. The van der Waals surface area contributed by atoms with E-state index >= 15 is 0 Å². The molecule has 0 bridgehead atoms. The molecular weight excluding hydrogens is 400 g/mol. The van der Waals surface area contributed by atoms with Crippen LogP contribution in [0.2, 0.25) is 0 Å². The number of benzene rings is 2. The summed E-state index contributed by atoms with van der Waals surface area (Å²) in [5.74, 6) is 0.694. The highest BCUT2D eigenvalue weighted by Gasteiger charge is 2.23. The summed E-state index contributed by atoms with van der Waals surface area (Å²) >= 11 is 0. The van der Waals surface area contributed by atoms with E-state index in [4.69, 9.17) is 5.26 Å². The maximum atomic E-state index is 12.3. The molecule has 0 spiro atoms. The van der Waals surface area contributed by atoms with Crippen molar-refractivity contribution in [1.82, 2.24) is 4.90 Å². The molecule has 0 radical (unpaired) electrons. The Labute approximate surface area is 190 Å². The lowest BCUT2D eigenvalue weighted by atomic mass is 9.98. The lowest BCUT2D eigenvalue weighted by molar-refractivity contribution is -0.105. The van der Waals surface area contributed by atoms with E-state index in [9.17, 15) is 9.59 Å². The minimum Gasteiger partial charge on any atom is -0.369 e. The normalized spacial score (nSPS) is 15.5. The van der Waals surface area contributed by atoms with E-state index in [0.29, 0.717) is 23.1 Å². The van der Waals surface area contributed by atoms with E-state index in [1.54, 1.807) is 24.3 Å². The summed E-state index contributed by atoms with van der Waals surface area (Å²) in [4.78, 5) is 26.8. The first-order chi connectivity index (χ1) is 15.4. The van der Waals surface area contributed by atoms with Gasteiger partial charge in [0.2, 0.25) is 6.41 Å². The Kier molecular flexibility index (Phi) is 7.88. The van der Waals surface area contributed by atoms with Gasteiger partial charge in [-0.15, -0.1) is 0 Å². The highest BCUT2D eigenvalue weighted by atomic mass is 16.2. The van der Waals surface area contributed by atoms with Crippen molar-refractivity contribution < 1.29 is 9.59 Å². The average Bonchev–Trinajstić information content (AvgIpc) is 3.23. The molecule has 2 aliphatic heterocycles. The van der Waals surface area contributed by atoms with Crippen molar-refractivity contribution in [3.05, 3.63) is 59.2 Å². The molecule has 0 aromatic heterocycles. The number of hydrogen-bond donors (Lipinski definition) is 1. The van der Waals surface area contributed by atoms with Gasteiger partial charge in [-0.25, -0.2) is 0 Å². The van der Waals surface area contributed by atoms with E-state index < -0.39 is 0 Å². The lowest BCUT2D eigenvalue weighted by Crippen LogP contribution is -2.38. The fraction of sp³-hybridized carbons (Fsp3) is 0.423. The molecule has 168 valence electrons. The van der Waals surface area contributed by atoms with Gasteiger partial charge in [0.1, 0.15) is 0 Å². The second-order valence-corrected chi connectivity index (χ2v) is 8.77. The third-order valence-electron chi connectivity index (χ3n) is 6.21. The predicted octanol–water partition coefficient (Wildman–Crippen LogP) is 4.46. The Bertz CT molecular complexity index is 988. The molecule has 2 aromatic carbocycles. The highest BCUT2D eigenvalue weighted by molar-refractivity contribution is 5.96. The third-order valence-corrected chi connectivity index (χ3v) is 6.21. The number of carbonyl (C=O) groups excluding carboxylic acids is 2. The summed E-state index contributed by atoms with van der Waals surface area (Å²) in [7, 11) is 0. The Balaban J connectivity index is 0.000000182. The molecule has 4 rings (SSSR count). The van der Waals surface area contributed by atoms with Crippen LogP contribution in [0.1, 0.15) is 55.1 Å². The van der Waals surface area contributed by atoms with E-state index in [2.05, 4.69) is 49.2 Å². The van der Waals surface area contributed by atoms with Crippen molar-refractivity contribution in [2.75, 3.05) is 29.9 Å². The maximum absolute atomic E-state index is 12.3. The molecule has 32 heavy (non-hydrogen) atoms. The van der Waals surface area contributed by atoms with Crippen molar-refractivity contribution in [3.63, 3.8) is 0 Å². The molecule has 2 heterocycles. The number of nitrogens with zero attached hydrogens (tertiary/aromatic N) is 3. The number of hydrogen-bond acceptors (Lipinski definition) is 4. The molecular formula is C26H32N4O2. The summed E-state index contributed by atoms with van der Waals surface area (Å²) in [6.45, 7) is 9.31. The van der Waals surface area contributed by atoms with E-state index in [0.717, 1.165) is 51.0 Å². The van der Waals surface area contributed by atoms with E-state index in [1.807, 2.05) is 11.0 Å². The molecule has 0 unspecified atom stereocenters. The number of nitriles is 1. The number of rotatable bonds is 4. The van der Waals surface area contributed by atoms with Gasteiger partial charge in [0.05, 0.1) is 17.2 Å². The monoisotopic (exact) mass is 432 g/mol. The van der Waals surface area contributed by atoms with Gasteiger partial charge in [-0.2, -0.15) is 5.26 Å². The van der Waals surface area contributed by atoms with Crippen LogP contribution in [0, 0.1) is 17.2 Å². The lowest BCUT2D eigenvalue weighted by Gasteiger charge is -2.30. The van der Waals surface area contributed by atoms with Gasteiger partial charge in [-0.3, -0.25) is 9.59 Å². The minimum atomic E-state index is -0.00551. The number of amides is 2. The Morgan fingerprint density at radius 3 is 2.53 bits per heavy atom. The largest absolute Gasteiger partial charge is 0.369 e. The van der Waals surface area contributed by atoms with Gasteiger partial charge in [0, 0.05) is 37.1 Å². The second kappa shape index (κ2) is 10.8. The van der Waals surface area contributed by atoms with E-state index in [-0.39, 0.29) is 5.91 Å². The van der Waals surface area contributed by atoms with Gasteiger partial charge in [-0.1, -0.05) is 19.1 Å². The standard InChI is InChI=1S/C14H16N2O.C12H16N2O/c1-11-6-8-16(9-7-11)14(17)13-5-3-2-4-12(13)10-15;1-9(2)14-6-5-10-7-11(13-8-15)3-4-12(10)14/h2-5,11H,6-9H2,1H3;3-4,7-9H,5-6H2,1-2H3,(H,13,15). The zero-order chi connectivity index (χ0) is 23.1. The van der Waals surface area contributed by atoms with E-state index in [1.165, 1.54) is 11.3 Å². The quantitative estimate of drug-likeness (QED) is 0.724. The topological polar surface area (TPSA) is 76.4 Å². The van der Waals surface area contributed by atoms with Gasteiger partial charge in [0.25, 0.3) is 5.91 Å². The van der Waals surface area contributed by atoms with Crippen LogP contribution in [0.5, 0.6) is 0 Å². The third kappa shape index (κ3) is 5.47. The Hall–Kier alpha value is -3.33. The number of likely N-dealkylation sites (tertiary alicyclic amines) is 1. The molecule has 1 saturated heterocycles. The van der Waals surface area contributed by atoms with Crippen LogP contribution in [0.25, 0.3) is 0 Å². The zero-order valence-electron chi connectivity index (χ0n) is 19.2. The highest BCUT2D eigenvalue weighted by Crippen LogP contribution is 2.31. The molecule has 2 amide bonds. The molecule has 0 aliphatic carbocycles. The number of carbonyl (C=O) groups is 2. The molecule has 1 fully saturated rings. The second-order valence-electron chi connectivity index (χ2n) is 8.77. The van der Waals surface area contributed by atoms with Gasteiger partial charge < -0.3 is 15.1 Å². The minimum absolute atomic E-state index is 0.00551. The van der Waals surface area contributed by atoms with Gasteiger partial charge in [0.15, 0.2) is 0 Å². The van der Waals surface area contributed by atoms with Crippen LogP contribution in [-0.2, 0) is 11.2 Å². The number of piperidine rings is 1. The molecule has 6 nitrogen and oxygen atoms in total. The number of anilines is 2. The summed E-state index contributed by atoms with van der Waals surface area (Å²) in [5.41, 5.74) is 4.52. The molecule has 2 aromatic rings. The molecule has 0 atom stereocenters. The number of fused-ring (bicyclic) bond motifs is 1. The maximum Gasteiger partial charge on any atom is 0.255 e. The van der Waals surface area contributed by atoms with Crippen LogP contribution in [-0.4, -0.2) is 42.9 Å². The number of nitrogens with one attached hydrogen (secondary N) is 1. The first-order valence-corrected chi connectivity index (χ1v) is 11.3. The summed E-state index contributed by atoms with van der Waals surface area (Å²) in [6.07, 6.45) is 3.90. The SMILES string of the molecule is CC(C)N1CCc2cc(NC=O)ccc21.CC1CCN(C(=O)c2ccccc2C#N)CC1. The molecule has 1 N–H and O–H groups in total. The summed E-state index contributed by atoms with van der Waals surface area (Å²) in [5, 5.41) is 11.7.